The minimum atomic E-state index is -1.53. The summed E-state index contributed by atoms with van der Waals surface area (Å²) >= 11 is 0. The van der Waals surface area contributed by atoms with E-state index in [0.717, 1.165) is 5.56 Å². The van der Waals surface area contributed by atoms with Gasteiger partial charge >= 0.3 is 5.97 Å². The molecule has 0 bridgehead atoms. The minimum Gasteiger partial charge on any atom is -0.479 e. The monoisotopic (exact) mass is 394 g/mol. The van der Waals surface area contributed by atoms with Gasteiger partial charge in [0.05, 0.1) is 5.92 Å². The largest absolute Gasteiger partial charge is 0.479 e. The molecule has 3 amide bonds. The molecule has 2 aromatic rings. The van der Waals surface area contributed by atoms with Crippen molar-refractivity contribution in [2.24, 2.45) is 5.92 Å². The van der Waals surface area contributed by atoms with Crippen LogP contribution < -0.4 is 10.6 Å². The molecule has 1 saturated heterocycles. The number of amides is 3. The molecule has 0 saturated carbocycles. The van der Waals surface area contributed by atoms with E-state index < -0.39 is 23.3 Å². The summed E-state index contributed by atoms with van der Waals surface area (Å²) < 4.78 is 0. The number of nitrogens with one attached hydrogen (secondary N) is 2. The third-order valence-corrected chi connectivity index (χ3v) is 5.25. The Morgan fingerprint density at radius 2 is 1.76 bits per heavy atom. The molecule has 1 aliphatic rings. The van der Waals surface area contributed by atoms with Gasteiger partial charge in [0.2, 0.25) is 11.8 Å². The molecule has 0 spiro atoms. The van der Waals surface area contributed by atoms with Crippen LogP contribution >= 0.6 is 0 Å². The number of aliphatic carboxylic acids is 1. The number of hydrogen-bond acceptors (Lipinski definition) is 4. The number of hydrogen-bond donors (Lipinski definition) is 3. The van der Waals surface area contributed by atoms with Gasteiger partial charge in [-0.25, -0.2) is 4.79 Å². The van der Waals surface area contributed by atoms with Gasteiger partial charge in [-0.15, -0.1) is 0 Å². The molecule has 0 aliphatic carbocycles. The summed E-state index contributed by atoms with van der Waals surface area (Å²) in [6, 6.07) is 15.2. The molecule has 2 unspecified atom stereocenters. The molecule has 3 N–H and O–H groups in total. The second-order valence-electron chi connectivity index (χ2n) is 7.10. The van der Waals surface area contributed by atoms with Crippen LogP contribution in [0.1, 0.15) is 41.3 Å². The van der Waals surface area contributed by atoms with Crippen molar-refractivity contribution in [1.29, 1.82) is 0 Å². The maximum absolute atomic E-state index is 12.8. The Morgan fingerprint density at radius 1 is 1.10 bits per heavy atom. The Balaban J connectivity index is 1.76. The average Bonchev–Trinajstić information content (AvgIpc) is 3.03. The van der Waals surface area contributed by atoms with Gasteiger partial charge in [-0.05, 0) is 36.1 Å². The molecular weight excluding hydrogens is 372 g/mol. The Morgan fingerprint density at radius 3 is 2.28 bits per heavy atom. The lowest BCUT2D eigenvalue weighted by Crippen LogP contribution is -2.51. The first kappa shape index (κ1) is 20.3. The van der Waals surface area contributed by atoms with Crippen molar-refractivity contribution in [2.75, 3.05) is 0 Å². The van der Waals surface area contributed by atoms with E-state index in [0.29, 0.717) is 17.5 Å². The van der Waals surface area contributed by atoms with Gasteiger partial charge in [-0.1, -0.05) is 49.4 Å². The highest BCUT2D eigenvalue weighted by Gasteiger charge is 2.40. The molecule has 29 heavy (non-hydrogen) atoms. The van der Waals surface area contributed by atoms with Crippen LogP contribution in [0.3, 0.4) is 0 Å². The Kier molecular flexibility index (Phi) is 5.77. The first-order valence-corrected chi connectivity index (χ1v) is 9.40. The van der Waals surface area contributed by atoms with Crippen LogP contribution in [0.2, 0.25) is 0 Å². The molecule has 0 aromatic heterocycles. The van der Waals surface area contributed by atoms with Gasteiger partial charge in [0.15, 0.2) is 5.54 Å². The first-order chi connectivity index (χ1) is 13.9. The topological polar surface area (TPSA) is 113 Å². The van der Waals surface area contributed by atoms with Gasteiger partial charge in [0.25, 0.3) is 5.91 Å². The summed E-state index contributed by atoms with van der Waals surface area (Å²) in [6.07, 6.45) is 0.744. The lowest BCUT2D eigenvalue weighted by atomic mass is 9.86. The number of carboxylic acids is 1. The molecule has 2 atom stereocenters. The zero-order valence-corrected chi connectivity index (χ0v) is 16.0. The van der Waals surface area contributed by atoms with Gasteiger partial charge < -0.3 is 10.4 Å². The van der Waals surface area contributed by atoms with Crippen LogP contribution in [-0.4, -0.2) is 28.8 Å². The highest BCUT2D eigenvalue weighted by atomic mass is 16.4. The van der Waals surface area contributed by atoms with Crippen molar-refractivity contribution < 1.29 is 24.3 Å². The van der Waals surface area contributed by atoms with Gasteiger partial charge in [-0.3, -0.25) is 19.7 Å². The van der Waals surface area contributed by atoms with Gasteiger partial charge in [-0.2, -0.15) is 0 Å². The quantitative estimate of drug-likeness (QED) is 0.622. The summed E-state index contributed by atoms with van der Waals surface area (Å²) in [5.41, 5.74) is 0.103. The molecule has 2 aromatic carbocycles. The van der Waals surface area contributed by atoms with E-state index in [4.69, 9.17) is 0 Å². The van der Waals surface area contributed by atoms with Crippen molar-refractivity contribution in [3.8, 4) is 0 Å². The van der Waals surface area contributed by atoms with E-state index in [2.05, 4.69) is 10.6 Å². The highest BCUT2D eigenvalue weighted by molar-refractivity contribution is 6.03. The molecule has 3 rings (SSSR count). The van der Waals surface area contributed by atoms with Crippen molar-refractivity contribution in [3.05, 3.63) is 71.3 Å². The van der Waals surface area contributed by atoms with Gasteiger partial charge in [0, 0.05) is 12.0 Å². The molecular formula is C22H22N2O5. The molecule has 1 fully saturated rings. The van der Waals surface area contributed by atoms with Crippen LogP contribution in [0, 0.1) is 5.92 Å². The summed E-state index contributed by atoms with van der Waals surface area (Å²) in [5.74, 6) is -2.60. The molecule has 7 nitrogen and oxygen atoms in total. The smallest absolute Gasteiger partial charge is 0.334 e. The maximum Gasteiger partial charge on any atom is 0.334 e. The van der Waals surface area contributed by atoms with E-state index in [9.17, 15) is 24.3 Å². The second-order valence-corrected chi connectivity index (χ2v) is 7.10. The fourth-order valence-corrected chi connectivity index (χ4v) is 3.53. The van der Waals surface area contributed by atoms with Crippen molar-refractivity contribution in [2.45, 2.75) is 31.7 Å². The standard InChI is InChI=1S/C22H22N2O5/c1-2-22(21(28)29,17-6-4-3-5-7-17)24-20(27)15-10-8-14(9-11-15)12-16-13-18(25)23-19(16)26/h3-11,16H,2,12-13H2,1H3,(H,24,27)(H,28,29)(H,23,25,26). The Hall–Kier alpha value is -3.48. The van der Waals surface area contributed by atoms with Gasteiger partial charge in [0.1, 0.15) is 0 Å². The average molecular weight is 394 g/mol. The first-order valence-electron chi connectivity index (χ1n) is 9.40. The fraction of sp³-hybridized carbons (Fsp3) is 0.273. The third kappa shape index (κ3) is 4.18. The predicted molar refractivity (Wildman–Crippen MR) is 105 cm³/mol. The number of imide groups is 1. The fourth-order valence-electron chi connectivity index (χ4n) is 3.53. The Labute approximate surface area is 168 Å². The minimum absolute atomic E-state index is 0.162. The normalized spacial score (nSPS) is 18.0. The van der Waals surface area contributed by atoms with E-state index in [1.54, 1.807) is 61.5 Å². The van der Waals surface area contributed by atoms with Crippen LogP contribution in [0.15, 0.2) is 54.6 Å². The molecule has 150 valence electrons. The van der Waals surface area contributed by atoms with E-state index >= 15 is 0 Å². The summed E-state index contributed by atoms with van der Waals surface area (Å²) in [4.78, 5) is 47.8. The summed E-state index contributed by atoms with van der Waals surface area (Å²) in [6.45, 7) is 1.71. The number of carbonyl (C=O) groups is 4. The predicted octanol–water partition coefficient (Wildman–Crippen LogP) is 2.01. The lowest BCUT2D eigenvalue weighted by molar-refractivity contribution is -0.145. The van der Waals surface area contributed by atoms with Crippen LogP contribution in [0.25, 0.3) is 0 Å². The van der Waals surface area contributed by atoms with E-state index in [1.165, 1.54) is 0 Å². The van der Waals surface area contributed by atoms with E-state index in [-0.39, 0.29) is 24.7 Å². The number of rotatable bonds is 7. The number of benzene rings is 2. The number of carboxylic acid groups (broad SMARTS) is 1. The van der Waals surface area contributed by atoms with Crippen LogP contribution in [0.5, 0.6) is 0 Å². The number of carbonyl (C=O) groups excluding carboxylic acids is 3. The molecule has 0 radical (unpaired) electrons. The Bertz CT molecular complexity index is 939. The van der Waals surface area contributed by atoms with Crippen LogP contribution in [-0.2, 0) is 26.3 Å². The lowest BCUT2D eigenvalue weighted by Gasteiger charge is -2.30. The third-order valence-electron chi connectivity index (χ3n) is 5.25. The maximum atomic E-state index is 12.8. The van der Waals surface area contributed by atoms with Crippen LogP contribution in [0.4, 0.5) is 0 Å². The zero-order valence-electron chi connectivity index (χ0n) is 16.0. The van der Waals surface area contributed by atoms with Crippen molar-refractivity contribution in [1.82, 2.24) is 10.6 Å². The van der Waals surface area contributed by atoms with Crippen molar-refractivity contribution in [3.63, 3.8) is 0 Å². The zero-order chi connectivity index (χ0) is 21.0. The molecule has 1 aliphatic heterocycles. The second kappa shape index (κ2) is 8.26. The van der Waals surface area contributed by atoms with Crippen molar-refractivity contribution >= 4 is 23.7 Å². The highest BCUT2D eigenvalue weighted by Crippen LogP contribution is 2.26. The van der Waals surface area contributed by atoms with E-state index in [1.807, 2.05) is 0 Å². The summed E-state index contributed by atoms with van der Waals surface area (Å²) in [5, 5.41) is 14.8. The molecule has 1 heterocycles. The summed E-state index contributed by atoms with van der Waals surface area (Å²) in [7, 11) is 0. The SMILES string of the molecule is CCC(NC(=O)c1ccc(CC2CC(=O)NC2=O)cc1)(C(=O)O)c1ccccc1. The molecule has 7 heteroatoms.